The molecule has 1 aromatic rings. The monoisotopic (exact) mass is 331 g/mol. The lowest BCUT2D eigenvalue weighted by Gasteiger charge is -2.33. The number of nitrogens with zero attached hydrogens (tertiary/aromatic N) is 2. The summed E-state index contributed by atoms with van der Waals surface area (Å²) in [5.74, 6) is 0.937. The number of esters is 1. The summed E-state index contributed by atoms with van der Waals surface area (Å²) in [6.07, 6.45) is 2.61. The Hall–Kier alpha value is -2.04. The highest BCUT2D eigenvalue weighted by atomic mass is 16.5. The van der Waals surface area contributed by atoms with Crippen LogP contribution < -0.4 is 5.32 Å². The molecule has 0 bridgehead atoms. The van der Waals surface area contributed by atoms with Gasteiger partial charge in [0.25, 0.3) is 0 Å². The first-order valence-electron chi connectivity index (χ1n) is 8.98. The van der Waals surface area contributed by atoms with Gasteiger partial charge in [0.15, 0.2) is 5.96 Å². The number of rotatable bonds is 6. The number of carbonyl (C=O) groups excluding carboxylic acids is 1. The van der Waals surface area contributed by atoms with E-state index in [2.05, 4.69) is 41.4 Å². The summed E-state index contributed by atoms with van der Waals surface area (Å²) in [4.78, 5) is 18.9. The minimum atomic E-state index is -0.0526. The Labute approximate surface area is 145 Å². The molecule has 0 amide bonds. The van der Waals surface area contributed by atoms with Crippen LogP contribution >= 0.6 is 0 Å². The fourth-order valence-corrected chi connectivity index (χ4v) is 2.95. The third kappa shape index (κ3) is 5.55. The number of likely N-dealkylation sites (tertiary alicyclic amines) is 1. The molecule has 0 saturated carbocycles. The number of carbonyl (C=O) groups is 1. The van der Waals surface area contributed by atoms with E-state index in [4.69, 9.17) is 9.73 Å². The molecule has 1 aliphatic heterocycles. The number of guanidine groups is 1. The SMILES string of the molecule is CCNC(=NCCc1ccccc1)N1CCC(C(=O)OCC)CC1. The Morgan fingerprint density at radius 3 is 2.58 bits per heavy atom. The fourth-order valence-electron chi connectivity index (χ4n) is 2.95. The first-order chi connectivity index (χ1) is 11.7. The molecule has 0 aliphatic carbocycles. The highest BCUT2D eigenvalue weighted by molar-refractivity contribution is 5.80. The van der Waals surface area contributed by atoms with Gasteiger partial charge < -0.3 is 15.0 Å². The number of piperidine rings is 1. The van der Waals surface area contributed by atoms with Gasteiger partial charge in [0.1, 0.15) is 0 Å². The van der Waals surface area contributed by atoms with Crippen LogP contribution in [-0.2, 0) is 16.0 Å². The third-order valence-corrected chi connectivity index (χ3v) is 4.25. The van der Waals surface area contributed by atoms with Crippen LogP contribution in [-0.4, -0.2) is 49.6 Å². The molecule has 1 fully saturated rings. The zero-order valence-corrected chi connectivity index (χ0v) is 14.8. The maximum Gasteiger partial charge on any atom is 0.309 e. The van der Waals surface area contributed by atoms with Gasteiger partial charge in [0.05, 0.1) is 12.5 Å². The lowest BCUT2D eigenvalue weighted by atomic mass is 9.97. The van der Waals surface area contributed by atoms with Crippen LogP contribution in [0.15, 0.2) is 35.3 Å². The van der Waals surface area contributed by atoms with Crippen LogP contribution in [0.25, 0.3) is 0 Å². The normalized spacial score (nSPS) is 16.1. The number of aliphatic imine (C=N–C) groups is 1. The van der Waals surface area contributed by atoms with Gasteiger partial charge in [0.2, 0.25) is 0 Å². The quantitative estimate of drug-likeness (QED) is 0.494. The standard InChI is InChI=1S/C19H29N3O2/c1-3-20-19(21-13-10-16-8-6-5-7-9-16)22-14-11-17(12-15-22)18(23)24-4-2/h5-9,17H,3-4,10-15H2,1-2H3,(H,20,21). The molecule has 1 N–H and O–H groups in total. The molecule has 132 valence electrons. The van der Waals surface area contributed by atoms with Gasteiger partial charge in [-0.05, 0) is 38.7 Å². The Morgan fingerprint density at radius 2 is 1.96 bits per heavy atom. The van der Waals surface area contributed by atoms with E-state index in [0.717, 1.165) is 51.4 Å². The highest BCUT2D eigenvalue weighted by Crippen LogP contribution is 2.18. The van der Waals surface area contributed by atoms with Gasteiger partial charge in [-0.3, -0.25) is 9.79 Å². The first-order valence-corrected chi connectivity index (χ1v) is 8.98. The molecule has 0 aromatic heterocycles. The lowest BCUT2D eigenvalue weighted by molar-refractivity contribution is -0.149. The average molecular weight is 331 g/mol. The average Bonchev–Trinajstić information content (AvgIpc) is 2.62. The molecule has 24 heavy (non-hydrogen) atoms. The van der Waals surface area contributed by atoms with E-state index in [1.54, 1.807) is 0 Å². The smallest absolute Gasteiger partial charge is 0.309 e. The van der Waals surface area contributed by atoms with Crippen molar-refractivity contribution in [2.24, 2.45) is 10.9 Å². The number of ether oxygens (including phenoxy) is 1. The van der Waals surface area contributed by atoms with Crippen LogP contribution in [0.4, 0.5) is 0 Å². The van der Waals surface area contributed by atoms with Gasteiger partial charge in [-0.2, -0.15) is 0 Å². The summed E-state index contributed by atoms with van der Waals surface area (Å²) in [5.41, 5.74) is 1.30. The molecule has 0 radical (unpaired) electrons. The van der Waals surface area contributed by atoms with Crippen molar-refractivity contribution in [2.45, 2.75) is 33.1 Å². The van der Waals surface area contributed by atoms with E-state index in [1.807, 2.05) is 13.0 Å². The summed E-state index contributed by atoms with van der Waals surface area (Å²) in [7, 11) is 0. The Balaban J connectivity index is 1.86. The molecular formula is C19H29N3O2. The van der Waals surface area contributed by atoms with Gasteiger partial charge >= 0.3 is 5.97 Å². The van der Waals surface area contributed by atoms with E-state index in [9.17, 15) is 4.79 Å². The van der Waals surface area contributed by atoms with Crippen molar-refractivity contribution in [1.82, 2.24) is 10.2 Å². The summed E-state index contributed by atoms with van der Waals surface area (Å²) in [6, 6.07) is 10.4. The predicted molar refractivity (Wildman–Crippen MR) is 97.1 cm³/mol. The molecule has 0 atom stereocenters. The lowest BCUT2D eigenvalue weighted by Crippen LogP contribution is -2.46. The van der Waals surface area contributed by atoms with E-state index in [0.29, 0.717) is 6.61 Å². The van der Waals surface area contributed by atoms with E-state index >= 15 is 0 Å². The van der Waals surface area contributed by atoms with E-state index < -0.39 is 0 Å². The molecule has 1 aliphatic rings. The van der Waals surface area contributed by atoms with Crippen molar-refractivity contribution in [3.05, 3.63) is 35.9 Å². The largest absolute Gasteiger partial charge is 0.466 e. The van der Waals surface area contributed by atoms with Gasteiger partial charge in [-0.15, -0.1) is 0 Å². The summed E-state index contributed by atoms with van der Waals surface area (Å²) >= 11 is 0. The second-order valence-corrected chi connectivity index (χ2v) is 5.98. The van der Waals surface area contributed by atoms with E-state index in [1.165, 1.54) is 5.56 Å². The maximum absolute atomic E-state index is 11.8. The first kappa shape index (κ1) is 18.3. The zero-order chi connectivity index (χ0) is 17.2. The van der Waals surface area contributed by atoms with Gasteiger partial charge in [0, 0.05) is 26.2 Å². The minimum absolute atomic E-state index is 0.0356. The Morgan fingerprint density at radius 1 is 1.25 bits per heavy atom. The third-order valence-electron chi connectivity index (χ3n) is 4.25. The van der Waals surface area contributed by atoms with Crippen molar-refractivity contribution in [1.29, 1.82) is 0 Å². The van der Waals surface area contributed by atoms with Crippen molar-refractivity contribution in [3.8, 4) is 0 Å². The highest BCUT2D eigenvalue weighted by Gasteiger charge is 2.27. The maximum atomic E-state index is 11.8. The summed E-state index contributed by atoms with van der Waals surface area (Å²) < 4.78 is 5.14. The second kappa shape index (κ2) is 9.96. The van der Waals surface area contributed by atoms with Gasteiger partial charge in [-0.1, -0.05) is 30.3 Å². The number of hydrogen-bond donors (Lipinski definition) is 1. The van der Waals surface area contributed by atoms with Crippen molar-refractivity contribution >= 4 is 11.9 Å². The van der Waals surface area contributed by atoms with Crippen LogP contribution in [0.5, 0.6) is 0 Å². The molecule has 0 spiro atoms. The van der Waals surface area contributed by atoms with Crippen molar-refractivity contribution in [3.63, 3.8) is 0 Å². The zero-order valence-electron chi connectivity index (χ0n) is 14.8. The van der Waals surface area contributed by atoms with Crippen LogP contribution in [0.2, 0.25) is 0 Å². The van der Waals surface area contributed by atoms with E-state index in [-0.39, 0.29) is 11.9 Å². The molecule has 5 heteroatoms. The molecule has 1 aromatic carbocycles. The van der Waals surface area contributed by atoms with Crippen LogP contribution in [0, 0.1) is 5.92 Å². The topological polar surface area (TPSA) is 53.9 Å². The van der Waals surface area contributed by atoms with Crippen molar-refractivity contribution in [2.75, 3.05) is 32.8 Å². The minimum Gasteiger partial charge on any atom is -0.466 e. The fraction of sp³-hybridized carbons (Fsp3) is 0.579. The summed E-state index contributed by atoms with van der Waals surface area (Å²) in [5, 5.41) is 3.37. The number of nitrogens with one attached hydrogen (secondary N) is 1. The Kier molecular flexibility index (Phi) is 7.59. The molecule has 1 heterocycles. The predicted octanol–water partition coefficient (Wildman–Crippen LogP) is 2.47. The van der Waals surface area contributed by atoms with Crippen molar-refractivity contribution < 1.29 is 9.53 Å². The number of benzene rings is 1. The number of hydrogen-bond acceptors (Lipinski definition) is 3. The Bertz CT molecular complexity index is 523. The molecule has 5 nitrogen and oxygen atoms in total. The molecular weight excluding hydrogens is 302 g/mol. The molecule has 2 rings (SSSR count). The molecule has 0 unspecified atom stereocenters. The molecule has 1 saturated heterocycles. The van der Waals surface area contributed by atoms with Gasteiger partial charge in [-0.25, -0.2) is 0 Å². The summed E-state index contributed by atoms with van der Waals surface area (Å²) in [6.45, 7) is 7.71. The van der Waals surface area contributed by atoms with Crippen LogP contribution in [0.3, 0.4) is 0 Å². The second-order valence-electron chi connectivity index (χ2n) is 5.98. The van der Waals surface area contributed by atoms with Crippen LogP contribution in [0.1, 0.15) is 32.3 Å².